The first-order valence-corrected chi connectivity index (χ1v) is 7.71. The Bertz CT molecular complexity index is 361. The second kappa shape index (κ2) is 7.65. The van der Waals surface area contributed by atoms with Crippen LogP contribution in [0.5, 0.6) is 0 Å². The number of hydrogen-bond donors (Lipinski definition) is 1. The Hall–Kier alpha value is -0.870. The van der Waals surface area contributed by atoms with Crippen molar-refractivity contribution in [3.8, 4) is 0 Å². The molecule has 1 atom stereocenters. The lowest BCUT2D eigenvalue weighted by molar-refractivity contribution is 0.282. The monoisotopic (exact) mass is 264 g/mol. The van der Waals surface area contributed by atoms with Crippen molar-refractivity contribution in [2.75, 3.05) is 26.2 Å². The first-order chi connectivity index (χ1) is 9.29. The number of nitrogens with one attached hydrogen (secondary N) is 1. The van der Waals surface area contributed by atoms with E-state index in [1.54, 1.807) is 0 Å². The van der Waals surface area contributed by atoms with Gasteiger partial charge in [-0.25, -0.2) is 4.98 Å². The van der Waals surface area contributed by atoms with Gasteiger partial charge in [0.2, 0.25) is 0 Å². The zero-order valence-corrected chi connectivity index (χ0v) is 12.4. The summed E-state index contributed by atoms with van der Waals surface area (Å²) in [6, 6.07) is 0.696. The third kappa shape index (κ3) is 4.62. The second-order valence-corrected chi connectivity index (χ2v) is 5.63. The summed E-state index contributed by atoms with van der Waals surface area (Å²) in [6.45, 7) is 7.12. The van der Waals surface area contributed by atoms with Crippen LogP contribution >= 0.6 is 0 Å². The molecule has 0 aliphatic carbocycles. The number of aryl methyl sites for hydroxylation is 1. The summed E-state index contributed by atoms with van der Waals surface area (Å²) in [5.41, 5.74) is 0. The zero-order chi connectivity index (χ0) is 13.5. The number of hydrogen-bond acceptors (Lipinski definition) is 3. The van der Waals surface area contributed by atoms with Crippen LogP contribution in [0.2, 0.25) is 0 Å². The molecule has 2 rings (SSSR count). The zero-order valence-electron chi connectivity index (χ0n) is 12.4. The number of imidazole rings is 1. The number of rotatable bonds is 6. The number of nitrogens with zero attached hydrogens (tertiary/aromatic N) is 3. The molecule has 0 aromatic carbocycles. The highest BCUT2D eigenvalue weighted by Gasteiger charge is 2.15. The van der Waals surface area contributed by atoms with Crippen LogP contribution in [0.3, 0.4) is 0 Å². The average molecular weight is 264 g/mol. The van der Waals surface area contributed by atoms with Crippen molar-refractivity contribution in [1.29, 1.82) is 0 Å². The van der Waals surface area contributed by atoms with E-state index in [-0.39, 0.29) is 0 Å². The lowest BCUT2D eigenvalue weighted by atomic mass is 10.1. The lowest BCUT2D eigenvalue weighted by Crippen LogP contribution is -2.32. The molecule has 0 radical (unpaired) electrons. The van der Waals surface area contributed by atoms with E-state index in [4.69, 9.17) is 0 Å². The van der Waals surface area contributed by atoms with E-state index in [0.29, 0.717) is 6.04 Å². The van der Waals surface area contributed by atoms with E-state index < -0.39 is 0 Å². The van der Waals surface area contributed by atoms with Crippen LogP contribution in [0.4, 0.5) is 0 Å². The fourth-order valence-corrected chi connectivity index (χ4v) is 2.93. The van der Waals surface area contributed by atoms with Crippen molar-refractivity contribution in [2.45, 2.75) is 45.1 Å². The van der Waals surface area contributed by atoms with Crippen molar-refractivity contribution in [1.82, 2.24) is 19.8 Å². The summed E-state index contributed by atoms with van der Waals surface area (Å²) in [7, 11) is 2.07. The van der Waals surface area contributed by atoms with Gasteiger partial charge in [-0.1, -0.05) is 6.92 Å². The van der Waals surface area contributed by atoms with Gasteiger partial charge in [-0.05, 0) is 45.3 Å². The largest absolute Gasteiger partial charge is 0.338 e. The summed E-state index contributed by atoms with van der Waals surface area (Å²) in [5.74, 6) is 1.17. The van der Waals surface area contributed by atoms with Gasteiger partial charge < -0.3 is 14.8 Å². The van der Waals surface area contributed by atoms with Crippen molar-refractivity contribution in [2.24, 2.45) is 7.05 Å². The molecule has 4 heteroatoms. The molecule has 1 aliphatic rings. The first-order valence-electron chi connectivity index (χ1n) is 7.71. The Morgan fingerprint density at radius 1 is 1.37 bits per heavy atom. The number of aromatic nitrogens is 2. The summed E-state index contributed by atoms with van der Waals surface area (Å²) in [4.78, 5) is 6.98. The molecule has 0 saturated carbocycles. The van der Waals surface area contributed by atoms with Gasteiger partial charge in [0.05, 0.1) is 0 Å². The van der Waals surface area contributed by atoms with Crippen molar-refractivity contribution < 1.29 is 0 Å². The van der Waals surface area contributed by atoms with Crippen LogP contribution in [0.15, 0.2) is 12.4 Å². The lowest BCUT2D eigenvalue weighted by Gasteiger charge is -2.19. The van der Waals surface area contributed by atoms with Crippen LogP contribution in [0.25, 0.3) is 0 Å². The highest BCUT2D eigenvalue weighted by molar-refractivity contribution is 4.91. The Balaban J connectivity index is 1.67. The third-order valence-electron chi connectivity index (χ3n) is 4.06. The summed E-state index contributed by atoms with van der Waals surface area (Å²) in [6.07, 6.45) is 10.1. The van der Waals surface area contributed by atoms with E-state index in [1.807, 2.05) is 12.4 Å². The van der Waals surface area contributed by atoms with E-state index in [2.05, 4.69) is 33.7 Å². The SMILES string of the molecule is CCCN1CCCC(NCCc2nccn2C)CC1. The molecule has 0 amide bonds. The average Bonchev–Trinajstić information content (AvgIpc) is 2.68. The number of likely N-dealkylation sites (tertiary alicyclic amines) is 1. The van der Waals surface area contributed by atoms with Crippen LogP contribution in [-0.2, 0) is 13.5 Å². The second-order valence-electron chi connectivity index (χ2n) is 5.63. The normalized spacial score (nSPS) is 21.5. The van der Waals surface area contributed by atoms with Crippen molar-refractivity contribution >= 4 is 0 Å². The Morgan fingerprint density at radius 3 is 3.00 bits per heavy atom. The minimum absolute atomic E-state index is 0.696. The highest BCUT2D eigenvalue weighted by atomic mass is 15.1. The van der Waals surface area contributed by atoms with Crippen LogP contribution in [-0.4, -0.2) is 46.7 Å². The maximum Gasteiger partial charge on any atom is 0.109 e. The molecule has 0 spiro atoms. The molecule has 2 heterocycles. The van der Waals surface area contributed by atoms with Gasteiger partial charge in [-0.3, -0.25) is 0 Å². The molecule has 1 fully saturated rings. The molecule has 1 unspecified atom stereocenters. The molecular weight excluding hydrogens is 236 g/mol. The predicted octanol–water partition coefficient (Wildman–Crippen LogP) is 1.82. The van der Waals surface area contributed by atoms with Gasteiger partial charge in [-0.15, -0.1) is 0 Å². The molecule has 1 aromatic heterocycles. The van der Waals surface area contributed by atoms with Gasteiger partial charge in [0.25, 0.3) is 0 Å². The fraction of sp³-hybridized carbons (Fsp3) is 0.800. The Labute approximate surface area is 117 Å². The third-order valence-corrected chi connectivity index (χ3v) is 4.06. The van der Waals surface area contributed by atoms with E-state index in [0.717, 1.165) is 13.0 Å². The molecule has 1 aliphatic heterocycles. The highest BCUT2D eigenvalue weighted by Crippen LogP contribution is 2.11. The van der Waals surface area contributed by atoms with E-state index in [1.165, 1.54) is 51.1 Å². The van der Waals surface area contributed by atoms with Gasteiger partial charge in [-0.2, -0.15) is 0 Å². The van der Waals surface area contributed by atoms with E-state index >= 15 is 0 Å². The molecule has 1 aromatic rings. The van der Waals surface area contributed by atoms with Crippen molar-refractivity contribution in [3.63, 3.8) is 0 Å². The minimum Gasteiger partial charge on any atom is -0.338 e. The summed E-state index contributed by atoms with van der Waals surface area (Å²) < 4.78 is 2.11. The Morgan fingerprint density at radius 2 is 2.26 bits per heavy atom. The standard InChI is InChI=1S/C15H28N4/c1-3-10-19-11-4-5-14(7-12-19)16-8-6-15-17-9-13-18(15)2/h9,13-14,16H,3-8,10-12H2,1-2H3. The van der Waals surface area contributed by atoms with Gasteiger partial charge in [0.1, 0.15) is 5.82 Å². The maximum atomic E-state index is 4.37. The minimum atomic E-state index is 0.696. The predicted molar refractivity (Wildman–Crippen MR) is 79.3 cm³/mol. The van der Waals surface area contributed by atoms with Gasteiger partial charge in [0, 0.05) is 38.4 Å². The molecule has 4 nitrogen and oxygen atoms in total. The molecule has 1 saturated heterocycles. The molecular formula is C15H28N4. The topological polar surface area (TPSA) is 33.1 Å². The van der Waals surface area contributed by atoms with E-state index in [9.17, 15) is 0 Å². The first kappa shape index (κ1) is 14.5. The quantitative estimate of drug-likeness (QED) is 0.851. The smallest absolute Gasteiger partial charge is 0.109 e. The fourth-order valence-electron chi connectivity index (χ4n) is 2.93. The maximum absolute atomic E-state index is 4.37. The van der Waals surface area contributed by atoms with Gasteiger partial charge >= 0.3 is 0 Å². The Kier molecular flexibility index (Phi) is 5.86. The van der Waals surface area contributed by atoms with Crippen LogP contribution in [0, 0.1) is 0 Å². The van der Waals surface area contributed by atoms with Crippen molar-refractivity contribution in [3.05, 3.63) is 18.2 Å². The molecule has 1 N–H and O–H groups in total. The van der Waals surface area contributed by atoms with Gasteiger partial charge in [0.15, 0.2) is 0 Å². The van der Waals surface area contributed by atoms with Crippen LogP contribution in [0.1, 0.15) is 38.4 Å². The van der Waals surface area contributed by atoms with Crippen LogP contribution < -0.4 is 5.32 Å². The molecule has 19 heavy (non-hydrogen) atoms. The summed E-state index contributed by atoms with van der Waals surface area (Å²) >= 11 is 0. The molecule has 108 valence electrons. The molecule has 0 bridgehead atoms. The summed E-state index contributed by atoms with van der Waals surface area (Å²) in [5, 5.41) is 3.71.